The highest BCUT2D eigenvalue weighted by Crippen LogP contribution is 2.37. The summed E-state index contributed by atoms with van der Waals surface area (Å²) in [7, 11) is 1.71. The second-order valence-corrected chi connectivity index (χ2v) is 4.43. The normalized spacial score (nSPS) is 12.8. The lowest BCUT2D eigenvalue weighted by Gasteiger charge is -2.18. The summed E-state index contributed by atoms with van der Waals surface area (Å²) in [6, 6.07) is 8.19. The predicted octanol–water partition coefficient (Wildman–Crippen LogP) is 2.47. The van der Waals surface area contributed by atoms with Crippen molar-refractivity contribution in [1.82, 2.24) is 4.98 Å². The number of fused-ring (bicyclic) bond motifs is 1. The number of rotatable bonds is 3. The third-order valence-electron chi connectivity index (χ3n) is 3.14. The Labute approximate surface area is 120 Å². The van der Waals surface area contributed by atoms with Crippen LogP contribution in [0.25, 0.3) is 11.3 Å². The standard InChI is InChI=1S/C14H13N3O4/c1-15-13-5-3-10(17(18)19)14(16-13)9-2-4-11-12(8-9)21-7-6-20-11/h2-5,8H,6-7H2,1H3,(H,15,16). The first-order valence-corrected chi connectivity index (χ1v) is 6.42. The molecule has 0 saturated heterocycles. The molecule has 0 bridgehead atoms. The number of aromatic nitrogens is 1. The van der Waals surface area contributed by atoms with Gasteiger partial charge in [0.15, 0.2) is 17.2 Å². The molecule has 2 heterocycles. The summed E-state index contributed by atoms with van der Waals surface area (Å²) in [4.78, 5) is 15.0. The van der Waals surface area contributed by atoms with Gasteiger partial charge >= 0.3 is 0 Å². The molecule has 0 fully saturated rings. The number of benzene rings is 1. The Morgan fingerprint density at radius 1 is 1.19 bits per heavy atom. The minimum Gasteiger partial charge on any atom is -0.486 e. The smallest absolute Gasteiger partial charge is 0.295 e. The van der Waals surface area contributed by atoms with E-state index in [9.17, 15) is 10.1 Å². The molecule has 108 valence electrons. The van der Waals surface area contributed by atoms with Crippen LogP contribution in [0, 0.1) is 10.1 Å². The molecule has 0 spiro atoms. The maximum Gasteiger partial charge on any atom is 0.295 e. The van der Waals surface area contributed by atoms with E-state index in [2.05, 4.69) is 10.3 Å². The number of nitro groups is 1. The van der Waals surface area contributed by atoms with Crippen molar-refractivity contribution in [2.45, 2.75) is 0 Å². The van der Waals surface area contributed by atoms with Crippen molar-refractivity contribution >= 4 is 11.5 Å². The van der Waals surface area contributed by atoms with E-state index in [0.717, 1.165) is 0 Å². The number of anilines is 1. The first-order chi connectivity index (χ1) is 10.2. The number of nitrogens with zero attached hydrogens (tertiary/aromatic N) is 2. The fourth-order valence-electron chi connectivity index (χ4n) is 2.14. The highest BCUT2D eigenvalue weighted by molar-refractivity contribution is 5.73. The van der Waals surface area contributed by atoms with Gasteiger partial charge in [-0.15, -0.1) is 0 Å². The monoisotopic (exact) mass is 287 g/mol. The molecule has 0 radical (unpaired) electrons. The maximum atomic E-state index is 11.2. The highest BCUT2D eigenvalue weighted by Gasteiger charge is 2.20. The molecule has 0 amide bonds. The average molecular weight is 287 g/mol. The molecule has 3 rings (SSSR count). The van der Waals surface area contributed by atoms with Crippen LogP contribution in [0.5, 0.6) is 11.5 Å². The van der Waals surface area contributed by atoms with E-state index in [1.165, 1.54) is 6.07 Å². The average Bonchev–Trinajstić information content (AvgIpc) is 2.53. The molecule has 7 heteroatoms. The van der Waals surface area contributed by atoms with Crippen LogP contribution in [0.4, 0.5) is 11.5 Å². The van der Waals surface area contributed by atoms with Gasteiger partial charge in [-0.25, -0.2) is 4.98 Å². The molecular formula is C14H13N3O4. The lowest BCUT2D eigenvalue weighted by molar-refractivity contribution is -0.384. The Morgan fingerprint density at radius 3 is 2.67 bits per heavy atom. The van der Waals surface area contributed by atoms with Gasteiger partial charge in [0.25, 0.3) is 5.69 Å². The third-order valence-corrected chi connectivity index (χ3v) is 3.14. The molecule has 21 heavy (non-hydrogen) atoms. The van der Waals surface area contributed by atoms with Gasteiger partial charge in [0.2, 0.25) is 0 Å². The molecule has 0 saturated carbocycles. The highest BCUT2D eigenvalue weighted by atomic mass is 16.6. The van der Waals surface area contributed by atoms with Crippen molar-refractivity contribution < 1.29 is 14.4 Å². The maximum absolute atomic E-state index is 11.2. The third kappa shape index (κ3) is 2.45. The van der Waals surface area contributed by atoms with Crippen molar-refractivity contribution in [3.8, 4) is 22.8 Å². The summed E-state index contributed by atoms with van der Waals surface area (Å²) < 4.78 is 10.9. The Kier molecular flexibility index (Phi) is 3.31. The van der Waals surface area contributed by atoms with Crippen LogP contribution in [0.1, 0.15) is 0 Å². The quantitative estimate of drug-likeness (QED) is 0.689. The molecule has 2 aromatic rings. The Balaban J connectivity index is 2.12. The van der Waals surface area contributed by atoms with E-state index in [-0.39, 0.29) is 5.69 Å². The predicted molar refractivity (Wildman–Crippen MR) is 76.9 cm³/mol. The first kappa shape index (κ1) is 13.2. The van der Waals surface area contributed by atoms with Crippen molar-refractivity contribution in [1.29, 1.82) is 0 Å². The van der Waals surface area contributed by atoms with Crippen molar-refractivity contribution in [3.63, 3.8) is 0 Å². The van der Waals surface area contributed by atoms with Crippen LogP contribution < -0.4 is 14.8 Å². The number of hydrogen-bond acceptors (Lipinski definition) is 6. The summed E-state index contributed by atoms with van der Waals surface area (Å²) >= 11 is 0. The van der Waals surface area contributed by atoms with Crippen molar-refractivity contribution in [2.24, 2.45) is 0 Å². The molecule has 0 unspecified atom stereocenters. The van der Waals surface area contributed by atoms with Gasteiger partial charge in [-0.05, 0) is 24.3 Å². The number of hydrogen-bond donors (Lipinski definition) is 1. The lowest BCUT2D eigenvalue weighted by atomic mass is 10.1. The summed E-state index contributed by atoms with van der Waals surface area (Å²) in [5.41, 5.74) is 0.859. The van der Waals surface area contributed by atoms with E-state index in [0.29, 0.717) is 41.8 Å². The minimum atomic E-state index is -0.446. The van der Waals surface area contributed by atoms with Gasteiger partial charge in [-0.2, -0.15) is 0 Å². The molecule has 1 aromatic heterocycles. The van der Waals surface area contributed by atoms with Crippen LogP contribution in [-0.4, -0.2) is 30.2 Å². The SMILES string of the molecule is CNc1ccc([N+](=O)[O-])c(-c2ccc3c(c2)OCCO3)n1. The zero-order chi connectivity index (χ0) is 14.8. The van der Waals surface area contributed by atoms with Crippen LogP contribution in [0.15, 0.2) is 30.3 Å². The summed E-state index contributed by atoms with van der Waals surface area (Å²) in [6.45, 7) is 0.961. The zero-order valence-electron chi connectivity index (χ0n) is 11.3. The first-order valence-electron chi connectivity index (χ1n) is 6.42. The van der Waals surface area contributed by atoms with E-state index >= 15 is 0 Å². The number of pyridine rings is 1. The van der Waals surface area contributed by atoms with E-state index in [1.807, 2.05) is 0 Å². The van der Waals surface area contributed by atoms with Gasteiger partial charge in [-0.3, -0.25) is 10.1 Å². The molecule has 1 aliphatic heterocycles. The Bertz CT molecular complexity index is 703. The molecular weight excluding hydrogens is 274 g/mol. The van der Waals surface area contributed by atoms with Crippen LogP contribution >= 0.6 is 0 Å². The number of nitrogens with one attached hydrogen (secondary N) is 1. The van der Waals surface area contributed by atoms with E-state index in [4.69, 9.17) is 9.47 Å². The lowest BCUT2D eigenvalue weighted by Crippen LogP contribution is -2.15. The topological polar surface area (TPSA) is 86.5 Å². The largest absolute Gasteiger partial charge is 0.486 e. The van der Waals surface area contributed by atoms with Crippen molar-refractivity contribution in [3.05, 3.63) is 40.4 Å². The summed E-state index contributed by atoms with van der Waals surface area (Å²) in [5.74, 6) is 1.77. The number of ether oxygens (including phenoxy) is 2. The van der Waals surface area contributed by atoms with Gasteiger partial charge in [0.1, 0.15) is 19.0 Å². The van der Waals surface area contributed by atoms with E-state index in [1.54, 1.807) is 31.3 Å². The molecule has 0 atom stereocenters. The Morgan fingerprint density at radius 2 is 1.95 bits per heavy atom. The van der Waals surface area contributed by atoms with Crippen molar-refractivity contribution in [2.75, 3.05) is 25.6 Å². The Hall–Kier alpha value is -2.83. The van der Waals surface area contributed by atoms with Crippen LogP contribution in [0.3, 0.4) is 0 Å². The molecule has 7 nitrogen and oxygen atoms in total. The molecule has 1 aromatic carbocycles. The van der Waals surface area contributed by atoms with Crippen LogP contribution in [0.2, 0.25) is 0 Å². The minimum absolute atomic E-state index is 0.0503. The van der Waals surface area contributed by atoms with E-state index < -0.39 is 4.92 Å². The zero-order valence-corrected chi connectivity index (χ0v) is 11.3. The molecule has 1 N–H and O–H groups in total. The fourth-order valence-corrected chi connectivity index (χ4v) is 2.14. The van der Waals surface area contributed by atoms with Crippen LogP contribution in [-0.2, 0) is 0 Å². The van der Waals surface area contributed by atoms with Gasteiger partial charge in [0, 0.05) is 18.7 Å². The van der Waals surface area contributed by atoms with Gasteiger partial charge in [-0.1, -0.05) is 0 Å². The summed E-state index contributed by atoms with van der Waals surface area (Å²) in [5, 5.41) is 14.0. The molecule has 1 aliphatic rings. The second kappa shape index (κ2) is 5.28. The second-order valence-electron chi connectivity index (χ2n) is 4.43. The fraction of sp³-hybridized carbons (Fsp3) is 0.214. The van der Waals surface area contributed by atoms with Gasteiger partial charge < -0.3 is 14.8 Å². The molecule has 0 aliphatic carbocycles. The van der Waals surface area contributed by atoms with Gasteiger partial charge in [0.05, 0.1) is 4.92 Å². The summed E-state index contributed by atoms with van der Waals surface area (Å²) in [6.07, 6.45) is 0.